The van der Waals surface area contributed by atoms with E-state index in [0.717, 1.165) is 3.79 Å². The van der Waals surface area contributed by atoms with Crippen molar-refractivity contribution >= 4 is 45.1 Å². The van der Waals surface area contributed by atoms with Crippen LogP contribution in [0.2, 0.25) is 0 Å². The van der Waals surface area contributed by atoms with Crippen LogP contribution in [-0.2, 0) is 9.59 Å². The van der Waals surface area contributed by atoms with Crippen molar-refractivity contribution < 1.29 is 19.5 Å². The number of hydrogen-bond acceptors (Lipinski definition) is 4. The Morgan fingerprint density at radius 3 is 2.53 bits per heavy atom. The number of carboxylic acid groups (broad SMARTS) is 1. The lowest BCUT2D eigenvalue weighted by Gasteiger charge is -2.03. The lowest BCUT2D eigenvalue weighted by Crippen LogP contribution is -2.38. The van der Waals surface area contributed by atoms with Gasteiger partial charge >= 0.3 is 5.97 Å². The lowest BCUT2D eigenvalue weighted by atomic mass is 10.3. The molecule has 0 fully saturated rings. The molecule has 3 N–H and O–H groups in total. The van der Waals surface area contributed by atoms with Gasteiger partial charge in [0.1, 0.15) is 6.54 Å². The highest BCUT2D eigenvalue weighted by Gasteiger charge is 2.10. The van der Waals surface area contributed by atoms with Gasteiger partial charge in [0.05, 0.1) is 15.9 Å². The van der Waals surface area contributed by atoms with Crippen molar-refractivity contribution in [1.29, 1.82) is 0 Å². The second-order valence-corrected chi connectivity index (χ2v) is 5.28. The zero-order chi connectivity index (χ0) is 12.8. The average molecular weight is 321 g/mol. The van der Waals surface area contributed by atoms with Crippen LogP contribution in [0.5, 0.6) is 0 Å². The van der Waals surface area contributed by atoms with E-state index < -0.39 is 18.4 Å². The van der Waals surface area contributed by atoms with Crippen LogP contribution in [0.4, 0.5) is 0 Å². The fourth-order valence-electron chi connectivity index (χ4n) is 0.928. The van der Waals surface area contributed by atoms with E-state index in [9.17, 15) is 14.4 Å². The van der Waals surface area contributed by atoms with Crippen molar-refractivity contribution in [3.8, 4) is 0 Å². The van der Waals surface area contributed by atoms with Gasteiger partial charge in [0, 0.05) is 5.38 Å². The fraction of sp³-hybridized carbons (Fsp3) is 0.222. The topological polar surface area (TPSA) is 95.5 Å². The summed E-state index contributed by atoms with van der Waals surface area (Å²) in [5.74, 6) is -2.06. The molecule has 0 unspecified atom stereocenters. The van der Waals surface area contributed by atoms with Gasteiger partial charge in [-0.1, -0.05) is 0 Å². The predicted molar refractivity (Wildman–Crippen MR) is 65.0 cm³/mol. The number of carbonyl (C=O) groups is 3. The van der Waals surface area contributed by atoms with Gasteiger partial charge in [-0.2, -0.15) is 0 Å². The monoisotopic (exact) mass is 320 g/mol. The molecular weight excluding hydrogens is 312 g/mol. The van der Waals surface area contributed by atoms with Gasteiger partial charge in [0.25, 0.3) is 5.91 Å². The minimum Gasteiger partial charge on any atom is -0.480 e. The van der Waals surface area contributed by atoms with Crippen LogP contribution in [0.15, 0.2) is 15.2 Å². The van der Waals surface area contributed by atoms with Gasteiger partial charge in [-0.25, -0.2) is 0 Å². The second-order valence-electron chi connectivity index (χ2n) is 2.99. The molecule has 1 aromatic rings. The highest BCUT2D eigenvalue weighted by molar-refractivity contribution is 9.11. The largest absolute Gasteiger partial charge is 0.480 e. The van der Waals surface area contributed by atoms with Gasteiger partial charge in [0.2, 0.25) is 5.91 Å². The number of rotatable bonds is 5. The molecule has 0 aliphatic rings. The van der Waals surface area contributed by atoms with E-state index >= 15 is 0 Å². The summed E-state index contributed by atoms with van der Waals surface area (Å²) in [5.41, 5.74) is 0.452. The van der Waals surface area contributed by atoms with E-state index in [1.807, 2.05) is 0 Å². The maximum Gasteiger partial charge on any atom is 0.322 e. The molecule has 1 heterocycles. The highest BCUT2D eigenvalue weighted by atomic mass is 79.9. The number of carbonyl (C=O) groups excluding carboxylic acids is 2. The smallest absolute Gasteiger partial charge is 0.322 e. The molecule has 1 aromatic heterocycles. The summed E-state index contributed by atoms with van der Waals surface area (Å²) in [5, 5.41) is 14.5. The molecule has 0 radical (unpaired) electrons. The molecule has 2 amide bonds. The summed E-state index contributed by atoms with van der Waals surface area (Å²) in [6, 6.07) is 1.63. The number of hydrogen-bond donors (Lipinski definition) is 3. The number of thiophene rings is 1. The van der Waals surface area contributed by atoms with E-state index in [1.165, 1.54) is 11.3 Å². The molecule has 0 atom stereocenters. The summed E-state index contributed by atoms with van der Waals surface area (Å²) in [6.45, 7) is -0.710. The summed E-state index contributed by atoms with van der Waals surface area (Å²) < 4.78 is 0.818. The SMILES string of the molecule is O=C(O)CNC(=O)CNC(=O)c1csc(Br)c1. The van der Waals surface area contributed by atoms with Crippen LogP contribution in [0.25, 0.3) is 0 Å². The summed E-state index contributed by atoms with van der Waals surface area (Å²) >= 11 is 4.57. The number of nitrogens with one attached hydrogen (secondary N) is 2. The third kappa shape index (κ3) is 4.96. The molecule has 0 saturated carbocycles. The first-order valence-electron chi connectivity index (χ1n) is 4.50. The predicted octanol–water partition coefficient (Wildman–Crippen LogP) is 0.441. The van der Waals surface area contributed by atoms with Crippen molar-refractivity contribution in [1.82, 2.24) is 10.6 Å². The third-order valence-corrected chi connectivity index (χ3v) is 3.18. The van der Waals surface area contributed by atoms with Crippen molar-refractivity contribution in [3.05, 3.63) is 20.8 Å². The van der Waals surface area contributed by atoms with E-state index in [1.54, 1.807) is 11.4 Å². The Morgan fingerprint density at radius 1 is 1.29 bits per heavy atom. The van der Waals surface area contributed by atoms with Crippen molar-refractivity contribution in [3.63, 3.8) is 0 Å². The summed E-state index contributed by atoms with van der Waals surface area (Å²) in [4.78, 5) is 32.7. The van der Waals surface area contributed by atoms with Crippen molar-refractivity contribution in [2.45, 2.75) is 0 Å². The van der Waals surface area contributed by atoms with Crippen LogP contribution < -0.4 is 10.6 Å². The van der Waals surface area contributed by atoms with Gasteiger partial charge in [-0.3, -0.25) is 14.4 Å². The van der Waals surface area contributed by atoms with Crippen LogP contribution in [0, 0.1) is 0 Å². The zero-order valence-electron chi connectivity index (χ0n) is 8.53. The number of halogens is 1. The molecule has 0 aliphatic heterocycles. The second kappa shape index (κ2) is 6.36. The van der Waals surface area contributed by atoms with E-state index in [0.29, 0.717) is 5.56 Å². The standard InChI is InChI=1S/C9H9BrN2O4S/c10-6-1-5(4-17-6)9(16)12-2-7(13)11-3-8(14)15/h1,4H,2-3H2,(H,11,13)(H,12,16)(H,14,15). The fourth-order valence-corrected chi connectivity index (χ4v) is 2.07. The highest BCUT2D eigenvalue weighted by Crippen LogP contribution is 2.20. The normalized spacial score (nSPS) is 9.71. The Bertz CT molecular complexity index is 446. The molecule has 8 heteroatoms. The molecule has 0 saturated heterocycles. The first kappa shape index (κ1) is 13.7. The minimum atomic E-state index is -1.13. The lowest BCUT2D eigenvalue weighted by molar-refractivity contribution is -0.137. The Morgan fingerprint density at radius 2 is 2.00 bits per heavy atom. The molecular formula is C9H9BrN2O4S. The Kier molecular flexibility index (Phi) is 5.11. The summed E-state index contributed by atoms with van der Waals surface area (Å²) in [7, 11) is 0. The Balaban J connectivity index is 2.33. The van der Waals surface area contributed by atoms with Gasteiger partial charge in [-0.05, 0) is 22.0 Å². The zero-order valence-corrected chi connectivity index (χ0v) is 10.9. The van der Waals surface area contributed by atoms with E-state index in [2.05, 4.69) is 26.6 Å². The van der Waals surface area contributed by atoms with Crippen LogP contribution in [-0.4, -0.2) is 36.0 Å². The first-order valence-corrected chi connectivity index (χ1v) is 6.17. The molecule has 17 heavy (non-hydrogen) atoms. The molecule has 0 aromatic carbocycles. The van der Waals surface area contributed by atoms with Crippen LogP contribution >= 0.6 is 27.3 Å². The Labute approximate surface area is 109 Å². The maximum absolute atomic E-state index is 11.5. The maximum atomic E-state index is 11.5. The van der Waals surface area contributed by atoms with Crippen molar-refractivity contribution in [2.24, 2.45) is 0 Å². The third-order valence-electron chi connectivity index (χ3n) is 1.68. The number of carboxylic acids is 1. The van der Waals surface area contributed by atoms with Crippen LogP contribution in [0.1, 0.15) is 10.4 Å². The summed E-state index contributed by atoms with van der Waals surface area (Å²) in [6.07, 6.45) is 0. The first-order chi connectivity index (χ1) is 7.99. The molecule has 92 valence electrons. The van der Waals surface area contributed by atoms with Crippen LogP contribution in [0.3, 0.4) is 0 Å². The van der Waals surface area contributed by atoms with E-state index in [-0.39, 0.29) is 12.5 Å². The number of aliphatic carboxylic acids is 1. The van der Waals surface area contributed by atoms with E-state index in [4.69, 9.17) is 5.11 Å². The minimum absolute atomic E-state index is 0.250. The van der Waals surface area contributed by atoms with Gasteiger partial charge in [-0.15, -0.1) is 11.3 Å². The molecule has 0 aliphatic carbocycles. The quantitative estimate of drug-likeness (QED) is 0.733. The molecule has 0 spiro atoms. The molecule has 6 nitrogen and oxygen atoms in total. The van der Waals surface area contributed by atoms with Gasteiger partial charge < -0.3 is 15.7 Å². The van der Waals surface area contributed by atoms with Gasteiger partial charge in [0.15, 0.2) is 0 Å². The Hall–Kier alpha value is -1.41. The molecule has 1 rings (SSSR count). The number of amides is 2. The van der Waals surface area contributed by atoms with Crippen molar-refractivity contribution in [2.75, 3.05) is 13.1 Å². The molecule has 0 bridgehead atoms. The average Bonchev–Trinajstić information content (AvgIpc) is 2.70.